The van der Waals surface area contributed by atoms with E-state index in [-0.39, 0.29) is 23.3 Å². The van der Waals surface area contributed by atoms with Crippen LogP contribution in [0.15, 0.2) is 35.2 Å². The zero-order valence-corrected chi connectivity index (χ0v) is 20.8. The third kappa shape index (κ3) is 4.67. The number of fused-ring (bicyclic) bond motifs is 1. The third-order valence-electron chi connectivity index (χ3n) is 6.49. The summed E-state index contributed by atoms with van der Waals surface area (Å²) in [6.45, 7) is 7.88. The number of amides is 2. The largest absolute Gasteiger partial charge is 0.478 e. The van der Waals surface area contributed by atoms with Crippen LogP contribution in [0.3, 0.4) is 0 Å². The molecule has 2 aliphatic rings. The zero-order valence-electron chi connectivity index (χ0n) is 20.0. The normalized spacial score (nSPS) is 20.8. The lowest BCUT2D eigenvalue weighted by molar-refractivity contribution is -0.123. The predicted octanol–water partition coefficient (Wildman–Crippen LogP) is 3.76. The Labute approximate surface area is 200 Å². The maximum Gasteiger partial charge on any atom is 0.265 e. The highest BCUT2D eigenvalue weighted by Crippen LogP contribution is 2.36. The zero-order chi connectivity index (χ0) is 24.6. The van der Waals surface area contributed by atoms with Gasteiger partial charge in [0.2, 0.25) is 15.9 Å². The standard InChI is InChI=1S/C25H31N3O5S/c1-5-21-25(30)27-20-12-17(4)23(13-22(20)33-21)34(31,32)28-10-6-7-18(14-28)24(29)26-19-11-15(2)8-9-16(19)3/h8-9,11-13,18,21H,5-7,10,14H2,1-4H3,(H,26,29)(H,27,30)/t18-,21+/m1/s1. The van der Waals surface area contributed by atoms with Gasteiger partial charge in [-0.25, -0.2) is 8.42 Å². The second kappa shape index (κ2) is 9.38. The number of aryl methyl sites for hydroxylation is 3. The fraction of sp³-hybridized carbons (Fsp3) is 0.440. The summed E-state index contributed by atoms with van der Waals surface area (Å²) in [6.07, 6.45) is 1.04. The quantitative estimate of drug-likeness (QED) is 0.671. The van der Waals surface area contributed by atoms with E-state index in [0.717, 1.165) is 16.8 Å². The molecule has 182 valence electrons. The van der Waals surface area contributed by atoms with Crippen LogP contribution >= 0.6 is 0 Å². The smallest absolute Gasteiger partial charge is 0.265 e. The molecule has 34 heavy (non-hydrogen) atoms. The minimum absolute atomic E-state index is 0.116. The molecule has 2 N–H and O–H groups in total. The van der Waals surface area contributed by atoms with Gasteiger partial charge in [-0.1, -0.05) is 19.1 Å². The summed E-state index contributed by atoms with van der Waals surface area (Å²) in [6, 6.07) is 8.97. The molecule has 8 nitrogen and oxygen atoms in total. The fourth-order valence-electron chi connectivity index (χ4n) is 4.45. The first-order valence-electron chi connectivity index (χ1n) is 11.6. The molecule has 0 aromatic heterocycles. The molecule has 2 amide bonds. The van der Waals surface area contributed by atoms with Gasteiger partial charge in [-0.15, -0.1) is 0 Å². The molecule has 9 heteroatoms. The van der Waals surface area contributed by atoms with Gasteiger partial charge in [0.05, 0.1) is 16.5 Å². The molecule has 4 rings (SSSR count). The van der Waals surface area contributed by atoms with Crippen LogP contribution in [0.5, 0.6) is 5.75 Å². The van der Waals surface area contributed by atoms with Crippen LogP contribution in [0.2, 0.25) is 0 Å². The summed E-state index contributed by atoms with van der Waals surface area (Å²) in [4.78, 5) is 25.2. The van der Waals surface area contributed by atoms with E-state index in [1.165, 1.54) is 10.4 Å². The van der Waals surface area contributed by atoms with Crippen LogP contribution in [-0.2, 0) is 19.6 Å². The molecule has 0 unspecified atom stereocenters. The van der Waals surface area contributed by atoms with Gasteiger partial charge in [0.15, 0.2) is 6.10 Å². The molecule has 0 bridgehead atoms. The van der Waals surface area contributed by atoms with E-state index in [4.69, 9.17) is 4.74 Å². The van der Waals surface area contributed by atoms with E-state index in [9.17, 15) is 18.0 Å². The number of anilines is 2. The molecular formula is C25H31N3O5S. The van der Waals surface area contributed by atoms with Crippen LogP contribution in [0.25, 0.3) is 0 Å². The van der Waals surface area contributed by atoms with Gasteiger partial charge in [-0.05, 0) is 68.9 Å². The SMILES string of the molecule is CC[C@@H]1Oc2cc(S(=O)(=O)N3CCC[C@@H](C(=O)Nc4cc(C)ccc4C)C3)c(C)cc2NC1=O. The Bertz CT molecular complexity index is 1240. The monoisotopic (exact) mass is 485 g/mol. The Hall–Kier alpha value is -2.91. The highest BCUT2D eigenvalue weighted by Gasteiger charge is 2.36. The second-order valence-corrected chi connectivity index (χ2v) is 11.0. The summed E-state index contributed by atoms with van der Waals surface area (Å²) < 4.78 is 34.3. The number of nitrogens with one attached hydrogen (secondary N) is 2. The van der Waals surface area contributed by atoms with E-state index in [1.807, 2.05) is 39.0 Å². The van der Waals surface area contributed by atoms with E-state index in [0.29, 0.717) is 42.8 Å². The third-order valence-corrected chi connectivity index (χ3v) is 8.50. The second-order valence-electron chi connectivity index (χ2n) is 9.13. The minimum atomic E-state index is -3.86. The van der Waals surface area contributed by atoms with Crippen molar-refractivity contribution in [1.82, 2.24) is 4.31 Å². The van der Waals surface area contributed by atoms with Crippen molar-refractivity contribution in [2.24, 2.45) is 5.92 Å². The number of benzene rings is 2. The number of hydrogen-bond donors (Lipinski definition) is 2. The van der Waals surface area contributed by atoms with Gasteiger partial charge in [0, 0.05) is 24.8 Å². The first-order chi connectivity index (χ1) is 16.1. The van der Waals surface area contributed by atoms with Crippen molar-refractivity contribution in [3.63, 3.8) is 0 Å². The molecular weight excluding hydrogens is 454 g/mol. The van der Waals surface area contributed by atoms with Crippen LogP contribution in [-0.4, -0.2) is 43.7 Å². The van der Waals surface area contributed by atoms with E-state index >= 15 is 0 Å². The van der Waals surface area contributed by atoms with Crippen molar-refractivity contribution in [1.29, 1.82) is 0 Å². The summed E-state index contributed by atoms with van der Waals surface area (Å²) in [5.74, 6) is -0.510. The van der Waals surface area contributed by atoms with E-state index in [2.05, 4.69) is 10.6 Å². The van der Waals surface area contributed by atoms with Gasteiger partial charge in [0.1, 0.15) is 5.75 Å². The van der Waals surface area contributed by atoms with Crippen molar-refractivity contribution in [2.75, 3.05) is 23.7 Å². The molecule has 1 fully saturated rings. The highest BCUT2D eigenvalue weighted by molar-refractivity contribution is 7.89. The van der Waals surface area contributed by atoms with Crippen LogP contribution < -0.4 is 15.4 Å². The molecule has 2 heterocycles. The number of hydrogen-bond acceptors (Lipinski definition) is 5. The molecule has 1 saturated heterocycles. The maximum absolute atomic E-state index is 13.6. The molecule has 2 atom stereocenters. The van der Waals surface area contributed by atoms with Crippen molar-refractivity contribution >= 4 is 33.2 Å². The highest BCUT2D eigenvalue weighted by atomic mass is 32.2. The van der Waals surface area contributed by atoms with Gasteiger partial charge >= 0.3 is 0 Å². The molecule has 2 aliphatic heterocycles. The predicted molar refractivity (Wildman–Crippen MR) is 131 cm³/mol. The topological polar surface area (TPSA) is 105 Å². The van der Waals surface area contributed by atoms with Crippen molar-refractivity contribution < 1.29 is 22.7 Å². The summed E-state index contributed by atoms with van der Waals surface area (Å²) in [5, 5.41) is 5.77. The van der Waals surface area contributed by atoms with Gasteiger partial charge in [-0.2, -0.15) is 4.31 Å². The Kier molecular flexibility index (Phi) is 6.69. The van der Waals surface area contributed by atoms with Crippen LogP contribution in [0, 0.1) is 26.7 Å². The van der Waals surface area contributed by atoms with Gasteiger partial charge in [-0.3, -0.25) is 9.59 Å². The molecule has 0 saturated carbocycles. The van der Waals surface area contributed by atoms with Crippen molar-refractivity contribution in [2.45, 2.75) is 58.0 Å². The number of nitrogens with zero attached hydrogens (tertiary/aromatic N) is 1. The number of rotatable bonds is 5. The molecule has 0 radical (unpaired) electrons. The first kappa shape index (κ1) is 24.2. The molecule has 0 aliphatic carbocycles. The Morgan fingerprint density at radius 1 is 1.18 bits per heavy atom. The number of sulfonamides is 1. The fourth-order valence-corrected chi connectivity index (χ4v) is 6.20. The van der Waals surface area contributed by atoms with Gasteiger partial charge < -0.3 is 15.4 Å². The lowest BCUT2D eigenvalue weighted by Crippen LogP contribution is -2.44. The average molecular weight is 486 g/mol. The van der Waals surface area contributed by atoms with E-state index < -0.39 is 22.0 Å². The lowest BCUT2D eigenvalue weighted by Gasteiger charge is -2.32. The summed E-state index contributed by atoms with van der Waals surface area (Å²) >= 11 is 0. The Morgan fingerprint density at radius 3 is 2.68 bits per heavy atom. The lowest BCUT2D eigenvalue weighted by atomic mass is 9.98. The average Bonchev–Trinajstić information content (AvgIpc) is 2.80. The van der Waals surface area contributed by atoms with E-state index in [1.54, 1.807) is 13.0 Å². The van der Waals surface area contributed by atoms with Crippen molar-refractivity contribution in [3.8, 4) is 5.75 Å². The van der Waals surface area contributed by atoms with Crippen LogP contribution in [0.4, 0.5) is 11.4 Å². The Morgan fingerprint density at radius 2 is 1.94 bits per heavy atom. The Balaban J connectivity index is 1.55. The van der Waals surface area contributed by atoms with Crippen LogP contribution in [0.1, 0.15) is 42.9 Å². The summed E-state index contributed by atoms with van der Waals surface area (Å²) in [5.41, 5.74) is 3.73. The van der Waals surface area contributed by atoms with Crippen molar-refractivity contribution in [3.05, 3.63) is 47.0 Å². The number of carbonyl (C=O) groups is 2. The molecule has 2 aromatic carbocycles. The minimum Gasteiger partial charge on any atom is -0.478 e. The molecule has 0 spiro atoms. The number of piperidine rings is 1. The number of carbonyl (C=O) groups excluding carboxylic acids is 2. The number of ether oxygens (including phenoxy) is 1. The summed E-state index contributed by atoms with van der Waals surface area (Å²) in [7, 11) is -3.86. The molecule has 2 aromatic rings. The van der Waals surface area contributed by atoms with Gasteiger partial charge in [0.25, 0.3) is 5.91 Å². The first-order valence-corrected chi connectivity index (χ1v) is 13.0. The maximum atomic E-state index is 13.6.